The molecule has 0 saturated carbocycles. The Morgan fingerprint density at radius 3 is 2.62 bits per heavy atom. The van der Waals surface area contributed by atoms with E-state index in [0.29, 0.717) is 30.3 Å². The molecule has 0 bridgehead atoms. The summed E-state index contributed by atoms with van der Waals surface area (Å²) >= 11 is 6.73. The second-order valence-electron chi connectivity index (χ2n) is 5.99. The van der Waals surface area contributed by atoms with Crippen molar-refractivity contribution in [3.8, 4) is 17.0 Å². The molecule has 0 radical (unpaired) electrons. The van der Waals surface area contributed by atoms with Crippen molar-refractivity contribution in [2.45, 2.75) is 13.1 Å². The van der Waals surface area contributed by atoms with Crippen molar-refractivity contribution in [3.63, 3.8) is 0 Å². The van der Waals surface area contributed by atoms with Gasteiger partial charge >= 0.3 is 0 Å². The first-order valence-corrected chi connectivity index (χ1v) is 8.57. The topological polar surface area (TPSA) is 55.3 Å². The van der Waals surface area contributed by atoms with E-state index >= 15 is 0 Å². The molecule has 1 aromatic heterocycles. The molecular formula is C20H16ClN3O2. The van der Waals surface area contributed by atoms with Crippen LogP contribution in [-0.4, -0.2) is 23.4 Å². The summed E-state index contributed by atoms with van der Waals surface area (Å²) in [5.74, 6) is 0.571. The van der Waals surface area contributed by atoms with E-state index in [0.717, 1.165) is 28.1 Å². The second-order valence-corrected chi connectivity index (χ2v) is 6.37. The molecule has 0 unspecified atom stereocenters. The number of carbonyl (C=O) groups excluding carboxylic acids is 1. The van der Waals surface area contributed by atoms with E-state index in [4.69, 9.17) is 16.3 Å². The highest BCUT2D eigenvalue weighted by Gasteiger charge is 2.27. The van der Waals surface area contributed by atoms with Crippen LogP contribution in [-0.2, 0) is 13.1 Å². The largest absolute Gasteiger partial charge is 0.481 e. The molecule has 2 aromatic carbocycles. The summed E-state index contributed by atoms with van der Waals surface area (Å²) in [6.07, 6.45) is 0.633. The van der Waals surface area contributed by atoms with Gasteiger partial charge in [-0.25, -0.2) is 4.98 Å². The second kappa shape index (κ2) is 6.77. The SMILES string of the molecule is COc1nc(C=O)nc2c1CN(c1cccc(-c3ccccc3)c1Cl)C2. The van der Waals surface area contributed by atoms with Crippen LogP contribution in [0.2, 0.25) is 5.02 Å². The lowest BCUT2D eigenvalue weighted by atomic mass is 10.0. The maximum absolute atomic E-state index is 11.1. The molecular weight excluding hydrogens is 350 g/mol. The standard InChI is InChI=1S/C20H16ClN3O2/c1-26-20-15-10-24(11-16(15)22-18(12-25)23-20)17-9-5-8-14(19(17)21)13-6-3-2-4-7-13/h2-9,12H,10-11H2,1H3. The Labute approximate surface area is 156 Å². The fraction of sp³-hybridized carbons (Fsp3) is 0.150. The average Bonchev–Trinajstić information content (AvgIpc) is 3.11. The molecule has 4 rings (SSSR count). The molecule has 0 amide bonds. The van der Waals surface area contributed by atoms with Crippen molar-refractivity contribution < 1.29 is 9.53 Å². The minimum Gasteiger partial charge on any atom is -0.481 e. The molecule has 0 aliphatic carbocycles. The number of hydrogen-bond acceptors (Lipinski definition) is 5. The number of benzene rings is 2. The van der Waals surface area contributed by atoms with E-state index in [1.807, 2.05) is 48.5 Å². The van der Waals surface area contributed by atoms with E-state index < -0.39 is 0 Å². The lowest BCUT2D eigenvalue weighted by Gasteiger charge is -2.20. The number of ether oxygens (including phenoxy) is 1. The van der Waals surface area contributed by atoms with Crippen LogP contribution in [0.3, 0.4) is 0 Å². The van der Waals surface area contributed by atoms with Crippen molar-refractivity contribution in [2.75, 3.05) is 12.0 Å². The van der Waals surface area contributed by atoms with E-state index in [1.54, 1.807) is 7.11 Å². The van der Waals surface area contributed by atoms with Gasteiger partial charge in [-0.3, -0.25) is 4.79 Å². The van der Waals surface area contributed by atoms with Gasteiger partial charge in [0.25, 0.3) is 0 Å². The summed E-state index contributed by atoms with van der Waals surface area (Å²) in [6, 6.07) is 16.0. The smallest absolute Gasteiger partial charge is 0.222 e. The molecule has 0 spiro atoms. The van der Waals surface area contributed by atoms with Gasteiger partial charge in [0.2, 0.25) is 5.88 Å². The third kappa shape index (κ3) is 2.80. The highest BCUT2D eigenvalue weighted by Crippen LogP contribution is 2.39. The van der Waals surface area contributed by atoms with Gasteiger partial charge in [0.05, 0.1) is 42.2 Å². The fourth-order valence-corrected chi connectivity index (χ4v) is 3.59. The van der Waals surface area contributed by atoms with E-state index in [-0.39, 0.29) is 5.82 Å². The Morgan fingerprint density at radius 1 is 1.08 bits per heavy atom. The molecule has 0 fully saturated rings. The van der Waals surface area contributed by atoms with Gasteiger partial charge in [-0.15, -0.1) is 0 Å². The van der Waals surface area contributed by atoms with Gasteiger partial charge < -0.3 is 9.64 Å². The summed E-state index contributed by atoms with van der Waals surface area (Å²) in [5.41, 5.74) is 4.64. The van der Waals surface area contributed by atoms with Gasteiger partial charge in [-0.2, -0.15) is 4.98 Å². The van der Waals surface area contributed by atoms with E-state index in [1.165, 1.54) is 0 Å². The molecule has 0 N–H and O–H groups in total. The minimum atomic E-state index is 0.131. The van der Waals surface area contributed by atoms with E-state index in [2.05, 4.69) is 14.9 Å². The number of halogens is 1. The van der Waals surface area contributed by atoms with E-state index in [9.17, 15) is 4.79 Å². The molecule has 6 heteroatoms. The molecule has 130 valence electrons. The van der Waals surface area contributed by atoms with Crippen LogP contribution in [0.1, 0.15) is 21.9 Å². The van der Waals surface area contributed by atoms with Crippen molar-refractivity contribution >= 4 is 23.6 Å². The lowest BCUT2D eigenvalue weighted by molar-refractivity contribution is 0.111. The highest BCUT2D eigenvalue weighted by molar-refractivity contribution is 6.36. The Bertz CT molecular complexity index is 976. The highest BCUT2D eigenvalue weighted by atomic mass is 35.5. The summed E-state index contributed by atoms with van der Waals surface area (Å²) in [5, 5.41) is 0.689. The number of rotatable bonds is 4. The zero-order valence-electron chi connectivity index (χ0n) is 14.1. The number of nitrogens with zero attached hydrogens (tertiary/aromatic N) is 3. The third-order valence-electron chi connectivity index (χ3n) is 4.46. The minimum absolute atomic E-state index is 0.131. The van der Waals surface area contributed by atoms with Crippen LogP contribution in [0.4, 0.5) is 5.69 Å². The van der Waals surface area contributed by atoms with Gasteiger partial charge in [0, 0.05) is 5.56 Å². The Morgan fingerprint density at radius 2 is 1.88 bits per heavy atom. The van der Waals surface area contributed by atoms with Gasteiger partial charge in [-0.1, -0.05) is 54.1 Å². The van der Waals surface area contributed by atoms with Crippen LogP contribution in [0.5, 0.6) is 5.88 Å². The van der Waals surface area contributed by atoms with Crippen LogP contribution < -0.4 is 9.64 Å². The first kappa shape index (κ1) is 16.5. The fourth-order valence-electron chi connectivity index (χ4n) is 3.24. The number of aromatic nitrogens is 2. The lowest BCUT2D eigenvalue weighted by Crippen LogP contribution is -2.15. The average molecular weight is 366 g/mol. The monoisotopic (exact) mass is 365 g/mol. The zero-order valence-corrected chi connectivity index (χ0v) is 14.9. The number of anilines is 1. The molecule has 3 aromatic rings. The first-order chi connectivity index (χ1) is 12.7. The molecule has 5 nitrogen and oxygen atoms in total. The number of aldehydes is 1. The maximum Gasteiger partial charge on any atom is 0.222 e. The molecule has 0 atom stereocenters. The van der Waals surface area contributed by atoms with Crippen LogP contribution in [0.15, 0.2) is 48.5 Å². The molecule has 0 saturated heterocycles. The summed E-state index contributed by atoms with van der Waals surface area (Å²) < 4.78 is 5.34. The van der Waals surface area contributed by atoms with Gasteiger partial charge in [0.15, 0.2) is 12.1 Å². The summed E-state index contributed by atoms with van der Waals surface area (Å²) in [4.78, 5) is 21.6. The molecule has 1 aliphatic rings. The predicted molar refractivity (Wildman–Crippen MR) is 101 cm³/mol. The predicted octanol–water partition coefficient (Wildman–Crippen LogP) is 4.14. The van der Waals surface area contributed by atoms with Crippen LogP contribution in [0.25, 0.3) is 11.1 Å². The van der Waals surface area contributed by atoms with Crippen molar-refractivity contribution in [1.82, 2.24) is 9.97 Å². The summed E-state index contributed by atoms with van der Waals surface area (Å²) in [7, 11) is 1.54. The van der Waals surface area contributed by atoms with Gasteiger partial charge in [0.1, 0.15) is 0 Å². The molecule has 26 heavy (non-hydrogen) atoms. The number of methoxy groups -OCH3 is 1. The molecule has 2 heterocycles. The number of hydrogen-bond donors (Lipinski definition) is 0. The van der Waals surface area contributed by atoms with Crippen LogP contribution >= 0.6 is 11.6 Å². The number of carbonyl (C=O) groups is 1. The normalized spacial score (nSPS) is 12.8. The summed E-state index contributed by atoms with van der Waals surface area (Å²) in [6.45, 7) is 1.13. The number of fused-ring (bicyclic) bond motifs is 1. The first-order valence-electron chi connectivity index (χ1n) is 8.19. The molecule has 1 aliphatic heterocycles. The Balaban J connectivity index is 1.73. The van der Waals surface area contributed by atoms with Gasteiger partial charge in [-0.05, 0) is 11.6 Å². The quantitative estimate of drug-likeness (QED) is 0.650. The Kier molecular flexibility index (Phi) is 4.31. The maximum atomic E-state index is 11.1. The van der Waals surface area contributed by atoms with Crippen molar-refractivity contribution in [2.24, 2.45) is 0 Å². The van der Waals surface area contributed by atoms with Crippen molar-refractivity contribution in [3.05, 3.63) is 70.6 Å². The Hall–Kier alpha value is -2.92. The van der Waals surface area contributed by atoms with Crippen molar-refractivity contribution in [1.29, 1.82) is 0 Å². The van der Waals surface area contributed by atoms with Crippen LogP contribution in [0, 0.1) is 0 Å². The zero-order chi connectivity index (χ0) is 18.1. The third-order valence-corrected chi connectivity index (χ3v) is 4.86.